The number of benzene rings is 1. The minimum Gasteiger partial charge on any atom is -0.347 e. The fourth-order valence-electron chi connectivity index (χ4n) is 3.16. The highest BCUT2D eigenvalue weighted by molar-refractivity contribution is 5.31. The number of likely N-dealkylation sites (N-methyl/N-ethyl adjacent to an activating group) is 1. The molecule has 2 atom stereocenters. The lowest BCUT2D eigenvalue weighted by Gasteiger charge is -2.29. The topological polar surface area (TPSA) is 25.0 Å². The molecule has 0 bridgehead atoms. The normalized spacial score (nSPS) is 37.3. The van der Waals surface area contributed by atoms with E-state index in [-0.39, 0.29) is 5.60 Å². The van der Waals surface area contributed by atoms with Gasteiger partial charge < -0.3 is 14.4 Å². The first-order valence-electron chi connectivity index (χ1n) is 6.22. The molecule has 2 fully saturated rings. The van der Waals surface area contributed by atoms with Gasteiger partial charge in [-0.05, 0) is 26.4 Å². The van der Waals surface area contributed by atoms with Gasteiger partial charge in [0.2, 0.25) is 5.79 Å². The van der Waals surface area contributed by atoms with E-state index >= 15 is 0 Å². The molecule has 0 unspecified atom stereocenters. The number of piperidine rings is 1. The van der Waals surface area contributed by atoms with Crippen LogP contribution in [-0.2, 0) is 15.3 Å². The highest BCUT2D eigenvalue weighted by Crippen LogP contribution is 2.59. The second-order valence-electron chi connectivity index (χ2n) is 5.12. The molecule has 0 aromatic heterocycles. The van der Waals surface area contributed by atoms with Gasteiger partial charge in [0.1, 0.15) is 5.60 Å². The summed E-state index contributed by atoms with van der Waals surface area (Å²) in [5, 5.41) is 0. The molecule has 3 heteroatoms. The van der Waals surface area contributed by atoms with E-state index in [2.05, 4.69) is 24.1 Å². The molecule has 92 valence electrons. The number of rotatable bonds is 2. The minimum absolute atomic E-state index is 0.129. The van der Waals surface area contributed by atoms with Gasteiger partial charge in [0.15, 0.2) is 0 Å². The van der Waals surface area contributed by atoms with Gasteiger partial charge in [-0.3, -0.25) is 0 Å². The third-order valence-corrected chi connectivity index (χ3v) is 3.98. The Morgan fingerprint density at radius 3 is 2.71 bits per heavy atom. The predicted molar refractivity (Wildman–Crippen MR) is 65.7 cm³/mol. The van der Waals surface area contributed by atoms with Crippen LogP contribution in [0.2, 0.25) is 0 Å². The van der Waals surface area contributed by atoms with Gasteiger partial charge in [0, 0.05) is 19.2 Å². The van der Waals surface area contributed by atoms with E-state index in [0.717, 1.165) is 25.1 Å². The van der Waals surface area contributed by atoms with Gasteiger partial charge in [0.25, 0.3) is 0 Å². The van der Waals surface area contributed by atoms with Crippen molar-refractivity contribution in [2.75, 3.05) is 27.2 Å². The van der Waals surface area contributed by atoms with Gasteiger partial charge in [-0.2, -0.15) is 0 Å². The quantitative estimate of drug-likeness (QED) is 0.730. The molecule has 1 aromatic rings. The van der Waals surface area contributed by atoms with Gasteiger partial charge in [0.05, 0.1) is 0 Å². The first kappa shape index (κ1) is 11.2. The maximum Gasteiger partial charge on any atom is 0.227 e. The highest BCUT2D eigenvalue weighted by Gasteiger charge is 2.72. The van der Waals surface area contributed by atoms with Crippen molar-refractivity contribution in [3.63, 3.8) is 0 Å². The molecular weight excluding hydrogens is 214 g/mol. The number of likely N-dealkylation sites (tertiary alicyclic amines) is 1. The van der Waals surface area contributed by atoms with Crippen molar-refractivity contribution >= 4 is 0 Å². The minimum atomic E-state index is -0.511. The fourth-order valence-corrected chi connectivity index (χ4v) is 3.16. The molecule has 3 nitrogen and oxygen atoms in total. The van der Waals surface area contributed by atoms with Crippen molar-refractivity contribution in [3.8, 4) is 0 Å². The van der Waals surface area contributed by atoms with Gasteiger partial charge in [-0.25, -0.2) is 0 Å². The van der Waals surface area contributed by atoms with Crippen molar-refractivity contribution in [3.05, 3.63) is 35.9 Å². The van der Waals surface area contributed by atoms with Crippen LogP contribution in [0, 0.1) is 0 Å². The highest BCUT2D eigenvalue weighted by atomic mass is 16.8. The molecule has 1 spiro atoms. The predicted octanol–water partition coefficient (Wildman–Crippen LogP) is 1.98. The third kappa shape index (κ3) is 1.53. The van der Waals surface area contributed by atoms with E-state index in [1.807, 2.05) is 18.2 Å². The van der Waals surface area contributed by atoms with Crippen molar-refractivity contribution in [2.45, 2.75) is 24.2 Å². The van der Waals surface area contributed by atoms with Crippen molar-refractivity contribution < 1.29 is 9.47 Å². The SMILES string of the molecule is CO[C@]1(c2ccccc2)O[C@]12CCCN(C)C2. The molecule has 0 saturated carbocycles. The molecule has 3 rings (SSSR count). The molecule has 2 aliphatic rings. The molecule has 2 saturated heterocycles. The second kappa shape index (κ2) is 3.80. The lowest BCUT2D eigenvalue weighted by Crippen LogP contribution is -2.42. The monoisotopic (exact) mass is 233 g/mol. The fraction of sp³-hybridized carbons (Fsp3) is 0.571. The number of hydrogen-bond acceptors (Lipinski definition) is 3. The molecule has 0 N–H and O–H groups in total. The van der Waals surface area contributed by atoms with Crippen LogP contribution in [0.4, 0.5) is 0 Å². The maximum absolute atomic E-state index is 6.07. The van der Waals surface area contributed by atoms with Gasteiger partial charge in [-0.15, -0.1) is 0 Å². The van der Waals surface area contributed by atoms with Crippen LogP contribution in [0.25, 0.3) is 0 Å². The summed E-state index contributed by atoms with van der Waals surface area (Å²) < 4.78 is 11.8. The van der Waals surface area contributed by atoms with Crippen LogP contribution in [-0.4, -0.2) is 37.7 Å². The number of nitrogens with zero attached hydrogens (tertiary/aromatic N) is 1. The van der Waals surface area contributed by atoms with Crippen LogP contribution in [0.15, 0.2) is 30.3 Å². The Hall–Kier alpha value is -0.900. The van der Waals surface area contributed by atoms with E-state index in [0.29, 0.717) is 0 Å². The summed E-state index contributed by atoms with van der Waals surface area (Å²) in [5.41, 5.74) is 1.01. The van der Waals surface area contributed by atoms with Crippen molar-refractivity contribution in [2.24, 2.45) is 0 Å². The molecule has 2 heterocycles. The van der Waals surface area contributed by atoms with Crippen LogP contribution >= 0.6 is 0 Å². The summed E-state index contributed by atoms with van der Waals surface area (Å²) in [5.74, 6) is -0.511. The Labute approximate surface area is 102 Å². The average Bonchev–Trinajstić information content (AvgIpc) is 2.98. The molecule has 2 aliphatic heterocycles. The zero-order valence-electron chi connectivity index (χ0n) is 10.5. The Bertz CT molecular complexity index is 408. The number of epoxide rings is 1. The first-order valence-corrected chi connectivity index (χ1v) is 6.22. The zero-order chi connectivity index (χ0) is 11.9. The van der Waals surface area contributed by atoms with Crippen LogP contribution in [0.5, 0.6) is 0 Å². The Morgan fingerprint density at radius 2 is 2.06 bits per heavy atom. The summed E-state index contributed by atoms with van der Waals surface area (Å²) in [6.45, 7) is 2.11. The van der Waals surface area contributed by atoms with Gasteiger partial charge >= 0.3 is 0 Å². The number of hydrogen-bond donors (Lipinski definition) is 0. The summed E-state index contributed by atoms with van der Waals surface area (Å²) in [7, 11) is 3.89. The van der Waals surface area contributed by atoms with Crippen molar-refractivity contribution in [1.29, 1.82) is 0 Å². The van der Waals surface area contributed by atoms with Gasteiger partial charge in [-0.1, -0.05) is 30.3 Å². The number of methoxy groups -OCH3 is 1. The smallest absolute Gasteiger partial charge is 0.227 e. The maximum atomic E-state index is 6.07. The Balaban J connectivity index is 1.92. The largest absolute Gasteiger partial charge is 0.347 e. The molecule has 17 heavy (non-hydrogen) atoms. The molecule has 1 aromatic carbocycles. The first-order chi connectivity index (χ1) is 8.22. The van der Waals surface area contributed by atoms with E-state index in [4.69, 9.17) is 9.47 Å². The zero-order valence-corrected chi connectivity index (χ0v) is 10.5. The Morgan fingerprint density at radius 1 is 1.29 bits per heavy atom. The van der Waals surface area contributed by atoms with E-state index in [1.165, 1.54) is 6.42 Å². The van der Waals surface area contributed by atoms with E-state index < -0.39 is 5.79 Å². The van der Waals surface area contributed by atoms with Crippen LogP contribution in [0.3, 0.4) is 0 Å². The van der Waals surface area contributed by atoms with Crippen molar-refractivity contribution in [1.82, 2.24) is 4.90 Å². The lowest BCUT2D eigenvalue weighted by atomic mass is 9.88. The van der Waals surface area contributed by atoms with Crippen LogP contribution < -0.4 is 0 Å². The Kier molecular flexibility index (Phi) is 2.51. The van der Waals surface area contributed by atoms with Crippen LogP contribution in [0.1, 0.15) is 18.4 Å². The van der Waals surface area contributed by atoms with E-state index in [9.17, 15) is 0 Å². The summed E-state index contributed by atoms with van der Waals surface area (Å²) in [6, 6.07) is 10.3. The second-order valence-corrected chi connectivity index (χ2v) is 5.12. The summed E-state index contributed by atoms with van der Waals surface area (Å²) in [6.07, 6.45) is 2.26. The summed E-state index contributed by atoms with van der Waals surface area (Å²) in [4.78, 5) is 2.33. The average molecular weight is 233 g/mol. The lowest BCUT2D eigenvalue weighted by molar-refractivity contribution is -0.0157. The molecule has 0 aliphatic carbocycles. The van der Waals surface area contributed by atoms with E-state index in [1.54, 1.807) is 7.11 Å². The standard InChI is InChI=1S/C14H19NO2/c1-15-10-6-9-13(11-15)14(16-2,17-13)12-7-4-3-5-8-12/h3-5,7-8H,6,9-11H2,1-2H3/t13-,14+/m0/s1. The molecule has 0 amide bonds. The third-order valence-electron chi connectivity index (χ3n) is 3.98. The summed E-state index contributed by atoms with van der Waals surface area (Å²) >= 11 is 0. The molecular formula is C14H19NO2. The molecule has 0 radical (unpaired) electrons. The number of ether oxygens (including phenoxy) is 2.